The zero-order valence-corrected chi connectivity index (χ0v) is 8.21. The molecule has 0 spiro atoms. The summed E-state index contributed by atoms with van der Waals surface area (Å²) in [6.07, 6.45) is 1.65. The van der Waals surface area contributed by atoms with Crippen LogP contribution >= 0.6 is 0 Å². The number of aryl methyl sites for hydroxylation is 1. The van der Waals surface area contributed by atoms with Gasteiger partial charge in [-0.15, -0.1) is 5.10 Å². The number of hydrogen-bond donors (Lipinski definition) is 1. The Labute approximate surface area is 87.2 Å². The Kier molecular flexibility index (Phi) is 2.49. The third kappa shape index (κ3) is 2.43. The molecule has 0 aliphatic rings. The molecule has 0 saturated heterocycles. The first-order valence-corrected chi connectivity index (χ1v) is 4.50. The Balaban J connectivity index is 2.22. The van der Waals surface area contributed by atoms with E-state index in [-0.39, 0.29) is 5.75 Å². The third-order valence-corrected chi connectivity index (χ3v) is 1.81. The summed E-state index contributed by atoms with van der Waals surface area (Å²) in [5, 5.41) is 16.8. The Morgan fingerprint density at radius 3 is 2.87 bits per heavy atom. The molecule has 4 heteroatoms. The molecule has 0 bridgehead atoms. The number of aromatic nitrogens is 2. The molecule has 1 aromatic carbocycles. The maximum Gasteiger partial charge on any atom is 0.239 e. The van der Waals surface area contributed by atoms with Crippen LogP contribution in [-0.2, 0) is 0 Å². The standard InChI is InChI=1S/C11H10N2O2/c1-8-5-11(13-12-7-8)15-10-4-2-3-9(14)6-10/h2-7,14H,1H3. The van der Waals surface area contributed by atoms with Gasteiger partial charge in [-0.1, -0.05) is 6.07 Å². The molecule has 0 aliphatic carbocycles. The molecule has 0 amide bonds. The molecular formula is C11H10N2O2. The van der Waals surface area contributed by atoms with Gasteiger partial charge < -0.3 is 9.84 Å². The van der Waals surface area contributed by atoms with Crippen molar-refractivity contribution >= 4 is 0 Å². The molecule has 4 nitrogen and oxygen atoms in total. The molecule has 15 heavy (non-hydrogen) atoms. The van der Waals surface area contributed by atoms with Gasteiger partial charge in [-0.2, -0.15) is 5.10 Å². The van der Waals surface area contributed by atoms with Crippen molar-refractivity contribution in [1.82, 2.24) is 10.2 Å². The number of benzene rings is 1. The lowest BCUT2D eigenvalue weighted by atomic mass is 10.3. The van der Waals surface area contributed by atoms with Crippen LogP contribution in [0.15, 0.2) is 36.5 Å². The van der Waals surface area contributed by atoms with Gasteiger partial charge in [-0.05, 0) is 24.6 Å². The second kappa shape index (κ2) is 3.96. The highest BCUT2D eigenvalue weighted by molar-refractivity contribution is 5.34. The van der Waals surface area contributed by atoms with E-state index in [2.05, 4.69) is 10.2 Å². The van der Waals surface area contributed by atoms with E-state index in [0.29, 0.717) is 11.6 Å². The van der Waals surface area contributed by atoms with Gasteiger partial charge in [-0.25, -0.2) is 0 Å². The average molecular weight is 202 g/mol. The van der Waals surface area contributed by atoms with Gasteiger partial charge >= 0.3 is 0 Å². The predicted molar refractivity (Wildman–Crippen MR) is 54.9 cm³/mol. The fraction of sp³-hybridized carbons (Fsp3) is 0.0909. The number of aromatic hydroxyl groups is 1. The molecule has 1 heterocycles. The van der Waals surface area contributed by atoms with Gasteiger partial charge in [0.05, 0.1) is 6.20 Å². The summed E-state index contributed by atoms with van der Waals surface area (Å²) in [7, 11) is 0. The number of phenolic OH excluding ortho intramolecular Hbond substituents is 1. The monoisotopic (exact) mass is 202 g/mol. The van der Waals surface area contributed by atoms with Crippen molar-refractivity contribution in [3.63, 3.8) is 0 Å². The summed E-state index contributed by atoms with van der Waals surface area (Å²) < 4.78 is 5.41. The SMILES string of the molecule is Cc1cnnc(Oc2cccc(O)c2)c1. The van der Waals surface area contributed by atoms with Crippen molar-refractivity contribution in [1.29, 1.82) is 0 Å². The second-order valence-corrected chi connectivity index (χ2v) is 3.17. The van der Waals surface area contributed by atoms with Gasteiger partial charge in [-0.3, -0.25) is 0 Å². The Morgan fingerprint density at radius 2 is 2.13 bits per heavy atom. The minimum absolute atomic E-state index is 0.160. The lowest BCUT2D eigenvalue weighted by Crippen LogP contribution is -1.90. The Hall–Kier alpha value is -2.10. The van der Waals surface area contributed by atoms with E-state index >= 15 is 0 Å². The molecule has 0 unspecified atom stereocenters. The van der Waals surface area contributed by atoms with Crippen LogP contribution in [0.4, 0.5) is 0 Å². The summed E-state index contributed by atoms with van der Waals surface area (Å²) >= 11 is 0. The lowest BCUT2D eigenvalue weighted by Gasteiger charge is -2.04. The van der Waals surface area contributed by atoms with Gasteiger partial charge in [0.15, 0.2) is 0 Å². The molecule has 2 rings (SSSR count). The van der Waals surface area contributed by atoms with Gasteiger partial charge in [0.1, 0.15) is 11.5 Å². The molecule has 1 aromatic heterocycles. The highest BCUT2D eigenvalue weighted by Gasteiger charge is 2.00. The summed E-state index contributed by atoms with van der Waals surface area (Å²) in [5.41, 5.74) is 0.972. The highest BCUT2D eigenvalue weighted by Crippen LogP contribution is 2.22. The predicted octanol–water partition coefficient (Wildman–Crippen LogP) is 2.28. The lowest BCUT2D eigenvalue weighted by molar-refractivity contribution is 0.440. The Bertz CT molecular complexity index is 428. The molecule has 0 fully saturated rings. The van der Waals surface area contributed by atoms with Crippen LogP contribution in [0, 0.1) is 6.92 Å². The van der Waals surface area contributed by atoms with Crippen LogP contribution < -0.4 is 4.74 Å². The number of nitrogens with zero attached hydrogens (tertiary/aromatic N) is 2. The van der Waals surface area contributed by atoms with Gasteiger partial charge in [0.2, 0.25) is 5.88 Å². The zero-order valence-electron chi connectivity index (χ0n) is 8.21. The van der Waals surface area contributed by atoms with Crippen LogP contribution in [0.1, 0.15) is 5.56 Å². The molecule has 0 atom stereocenters. The molecule has 1 N–H and O–H groups in total. The van der Waals surface area contributed by atoms with E-state index in [4.69, 9.17) is 4.74 Å². The van der Waals surface area contributed by atoms with Crippen LogP contribution in [0.3, 0.4) is 0 Å². The molecular weight excluding hydrogens is 192 g/mol. The van der Waals surface area contributed by atoms with E-state index in [1.807, 2.05) is 6.92 Å². The van der Waals surface area contributed by atoms with Crippen LogP contribution in [0.5, 0.6) is 17.4 Å². The maximum atomic E-state index is 9.23. The smallest absolute Gasteiger partial charge is 0.239 e. The van der Waals surface area contributed by atoms with Crippen molar-refractivity contribution in [3.8, 4) is 17.4 Å². The third-order valence-electron chi connectivity index (χ3n) is 1.81. The molecule has 0 aliphatic heterocycles. The fourth-order valence-electron chi connectivity index (χ4n) is 1.16. The summed E-state index contributed by atoms with van der Waals surface area (Å²) in [5.74, 6) is 1.11. The van der Waals surface area contributed by atoms with Crippen molar-refractivity contribution in [2.45, 2.75) is 6.92 Å². The summed E-state index contributed by atoms with van der Waals surface area (Å²) in [6, 6.07) is 8.31. The van der Waals surface area contributed by atoms with E-state index in [0.717, 1.165) is 5.56 Å². The summed E-state index contributed by atoms with van der Waals surface area (Å²) in [4.78, 5) is 0. The molecule has 76 valence electrons. The Morgan fingerprint density at radius 1 is 1.27 bits per heavy atom. The van der Waals surface area contributed by atoms with Crippen molar-refractivity contribution in [2.24, 2.45) is 0 Å². The minimum atomic E-state index is 0.160. The van der Waals surface area contributed by atoms with Gasteiger partial charge in [0.25, 0.3) is 0 Å². The first kappa shape index (κ1) is 9.45. The average Bonchev–Trinajstić information content (AvgIpc) is 2.17. The number of phenols is 1. The van der Waals surface area contributed by atoms with E-state index in [9.17, 15) is 5.11 Å². The summed E-state index contributed by atoms with van der Waals surface area (Å²) in [6.45, 7) is 1.91. The first-order chi connectivity index (χ1) is 7.24. The normalized spacial score (nSPS) is 9.93. The van der Waals surface area contributed by atoms with Gasteiger partial charge in [0, 0.05) is 12.1 Å². The molecule has 0 saturated carbocycles. The van der Waals surface area contributed by atoms with Crippen molar-refractivity contribution in [2.75, 3.05) is 0 Å². The van der Waals surface area contributed by atoms with Crippen molar-refractivity contribution in [3.05, 3.63) is 42.1 Å². The maximum absolute atomic E-state index is 9.23. The van der Waals surface area contributed by atoms with Crippen LogP contribution in [-0.4, -0.2) is 15.3 Å². The van der Waals surface area contributed by atoms with E-state index < -0.39 is 0 Å². The second-order valence-electron chi connectivity index (χ2n) is 3.17. The van der Waals surface area contributed by atoms with Crippen molar-refractivity contribution < 1.29 is 9.84 Å². The molecule has 2 aromatic rings. The zero-order chi connectivity index (χ0) is 10.7. The number of ether oxygens (including phenoxy) is 1. The quantitative estimate of drug-likeness (QED) is 0.811. The van der Waals surface area contributed by atoms with Crippen LogP contribution in [0.2, 0.25) is 0 Å². The highest BCUT2D eigenvalue weighted by atomic mass is 16.5. The van der Waals surface area contributed by atoms with Crippen LogP contribution in [0.25, 0.3) is 0 Å². The topological polar surface area (TPSA) is 55.2 Å². The largest absolute Gasteiger partial charge is 0.508 e. The fourth-order valence-corrected chi connectivity index (χ4v) is 1.16. The number of hydrogen-bond acceptors (Lipinski definition) is 4. The minimum Gasteiger partial charge on any atom is -0.508 e. The van der Waals surface area contributed by atoms with E-state index in [1.54, 1.807) is 30.5 Å². The van der Waals surface area contributed by atoms with E-state index in [1.165, 1.54) is 6.07 Å². The number of rotatable bonds is 2. The first-order valence-electron chi connectivity index (χ1n) is 4.50. The molecule has 0 radical (unpaired) electrons.